The molecule has 0 unspecified atom stereocenters. The first-order valence-electron chi connectivity index (χ1n) is 13.0. The summed E-state index contributed by atoms with van der Waals surface area (Å²) < 4.78 is 36.2. The molecule has 4 aromatic rings. The summed E-state index contributed by atoms with van der Waals surface area (Å²) >= 11 is 0. The van der Waals surface area contributed by atoms with Crippen LogP contribution in [0.5, 0.6) is 23.0 Å². The molecule has 1 aromatic heterocycles. The molecule has 1 N–H and O–H groups in total. The van der Waals surface area contributed by atoms with Gasteiger partial charge in [-0.1, -0.05) is 37.6 Å². The molecular formula is C30H30FN3O4. The number of hydrogen-bond donors (Lipinski definition) is 1. The summed E-state index contributed by atoms with van der Waals surface area (Å²) in [6.45, 7) is 4.68. The average Bonchev–Trinajstić information content (AvgIpc) is 3.67. The van der Waals surface area contributed by atoms with Crippen molar-refractivity contribution in [1.29, 1.82) is 0 Å². The Kier molecular flexibility index (Phi) is 6.88. The third-order valence-electron chi connectivity index (χ3n) is 6.80. The van der Waals surface area contributed by atoms with Crippen molar-refractivity contribution in [2.24, 2.45) is 0 Å². The molecule has 0 atom stereocenters. The topological polar surface area (TPSA) is 68.8 Å². The molecule has 0 spiro atoms. The third kappa shape index (κ3) is 5.31. The van der Waals surface area contributed by atoms with E-state index in [1.807, 2.05) is 30.3 Å². The minimum Gasteiger partial charge on any atom is -0.454 e. The Labute approximate surface area is 221 Å². The van der Waals surface area contributed by atoms with E-state index in [-0.39, 0.29) is 19.4 Å². The summed E-state index contributed by atoms with van der Waals surface area (Å²) in [6.07, 6.45) is 2.96. The number of ether oxygens (including phenoxy) is 4. The number of H-pyrrole nitrogens is 1. The van der Waals surface area contributed by atoms with E-state index < -0.39 is 0 Å². The van der Waals surface area contributed by atoms with Crippen LogP contribution in [0.4, 0.5) is 4.39 Å². The van der Waals surface area contributed by atoms with E-state index in [1.165, 1.54) is 12.1 Å². The molecule has 8 heteroatoms. The fraction of sp³-hybridized carbons (Fsp3) is 0.300. The minimum atomic E-state index is -0.275. The first kappa shape index (κ1) is 24.3. The van der Waals surface area contributed by atoms with Gasteiger partial charge in [0.25, 0.3) is 0 Å². The van der Waals surface area contributed by atoms with Gasteiger partial charge in [0, 0.05) is 25.2 Å². The summed E-state index contributed by atoms with van der Waals surface area (Å²) in [5, 5.41) is 0. The number of fused-ring (bicyclic) bond motifs is 2. The van der Waals surface area contributed by atoms with Crippen LogP contribution in [0, 0.1) is 5.82 Å². The van der Waals surface area contributed by atoms with Gasteiger partial charge in [0.2, 0.25) is 13.6 Å². The molecule has 0 aliphatic carbocycles. The SMILES string of the molecule is CCCCc1nc(-c2cccc(F)c2)[nH]c1CN(Cc1ccc2c(c1)OCO2)Cc1ccc2c(c1)OCO2. The van der Waals surface area contributed by atoms with Gasteiger partial charge in [-0.3, -0.25) is 4.90 Å². The number of aromatic nitrogens is 2. The zero-order valence-corrected chi connectivity index (χ0v) is 21.3. The number of benzene rings is 3. The van der Waals surface area contributed by atoms with Crippen LogP contribution in [0.2, 0.25) is 0 Å². The fourth-order valence-electron chi connectivity index (χ4n) is 4.89. The van der Waals surface area contributed by atoms with Crippen molar-refractivity contribution in [2.45, 2.75) is 45.8 Å². The summed E-state index contributed by atoms with van der Waals surface area (Å²) in [4.78, 5) is 10.8. The zero-order chi connectivity index (χ0) is 25.9. The molecule has 0 bridgehead atoms. The lowest BCUT2D eigenvalue weighted by molar-refractivity contribution is 0.173. The van der Waals surface area contributed by atoms with E-state index in [1.54, 1.807) is 6.07 Å². The minimum absolute atomic E-state index is 0.248. The average molecular weight is 516 g/mol. The molecule has 38 heavy (non-hydrogen) atoms. The lowest BCUT2D eigenvalue weighted by Gasteiger charge is -2.23. The van der Waals surface area contributed by atoms with Gasteiger partial charge >= 0.3 is 0 Å². The molecule has 3 heterocycles. The molecule has 7 nitrogen and oxygen atoms in total. The van der Waals surface area contributed by atoms with Gasteiger partial charge in [0.05, 0.1) is 11.4 Å². The maximum Gasteiger partial charge on any atom is 0.231 e. The molecule has 2 aliphatic rings. The second kappa shape index (κ2) is 10.8. The summed E-state index contributed by atoms with van der Waals surface area (Å²) in [5.74, 6) is 3.49. The number of aromatic amines is 1. The molecule has 6 rings (SSSR count). The van der Waals surface area contributed by atoms with E-state index in [0.29, 0.717) is 25.5 Å². The summed E-state index contributed by atoms with van der Waals surface area (Å²) in [7, 11) is 0. The van der Waals surface area contributed by atoms with Gasteiger partial charge in [-0.2, -0.15) is 0 Å². The van der Waals surface area contributed by atoms with Gasteiger partial charge in [-0.05, 0) is 60.4 Å². The molecule has 0 fully saturated rings. The number of rotatable bonds is 10. The van der Waals surface area contributed by atoms with Crippen LogP contribution in [-0.2, 0) is 26.1 Å². The first-order chi connectivity index (χ1) is 18.6. The van der Waals surface area contributed by atoms with Crippen molar-refractivity contribution in [1.82, 2.24) is 14.9 Å². The van der Waals surface area contributed by atoms with Crippen molar-refractivity contribution in [3.63, 3.8) is 0 Å². The van der Waals surface area contributed by atoms with Crippen molar-refractivity contribution >= 4 is 0 Å². The van der Waals surface area contributed by atoms with Crippen LogP contribution in [0.1, 0.15) is 42.3 Å². The van der Waals surface area contributed by atoms with Crippen LogP contribution in [0.3, 0.4) is 0 Å². The lowest BCUT2D eigenvalue weighted by Crippen LogP contribution is -2.23. The number of aryl methyl sites for hydroxylation is 1. The molecule has 0 saturated carbocycles. The van der Waals surface area contributed by atoms with Gasteiger partial charge in [0.15, 0.2) is 23.0 Å². The Balaban J connectivity index is 1.31. The molecular weight excluding hydrogens is 485 g/mol. The molecule has 3 aromatic carbocycles. The maximum absolute atomic E-state index is 14.0. The standard InChI is InChI=1S/C30H30FN3O4/c1-2-3-7-24-25(33-30(32-24)22-5-4-6-23(31)14-22)17-34(15-20-8-10-26-28(12-20)37-18-35-26)16-21-9-11-27-29(13-21)38-19-36-27/h4-6,8-14H,2-3,7,15-19H2,1H3,(H,32,33). The zero-order valence-electron chi connectivity index (χ0n) is 21.3. The Bertz CT molecular complexity index is 1380. The molecule has 196 valence electrons. The molecule has 0 saturated heterocycles. The summed E-state index contributed by atoms with van der Waals surface area (Å²) in [5.41, 5.74) is 5.05. The van der Waals surface area contributed by atoms with Crippen LogP contribution in [-0.4, -0.2) is 28.5 Å². The van der Waals surface area contributed by atoms with Crippen LogP contribution < -0.4 is 18.9 Å². The van der Waals surface area contributed by atoms with Gasteiger partial charge in [-0.15, -0.1) is 0 Å². The Morgan fingerprint density at radius 2 is 1.47 bits per heavy atom. The van der Waals surface area contributed by atoms with Crippen LogP contribution in [0.15, 0.2) is 60.7 Å². The Hall–Kier alpha value is -4.04. The molecule has 0 radical (unpaired) electrons. The van der Waals surface area contributed by atoms with Crippen molar-refractivity contribution in [2.75, 3.05) is 13.6 Å². The van der Waals surface area contributed by atoms with E-state index in [9.17, 15) is 4.39 Å². The van der Waals surface area contributed by atoms with Gasteiger partial charge < -0.3 is 23.9 Å². The van der Waals surface area contributed by atoms with Crippen molar-refractivity contribution in [3.8, 4) is 34.4 Å². The summed E-state index contributed by atoms with van der Waals surface area (Å²) in [6, 6.07) is 18.7. The second-order valence-corrected chi connectivity index (χ2v) is 9.64. The van der Waals surface area contributed by atoms with Crippen molar-refractivity contribution < 1.29 is 23.3 Å². The maximum atomic E-state index is 14.0. The highest BCUT2D eigenvalue weighted by atomic mass is 19.1. The smallest absolute Gasteiger partial charge is 0.231 e. The lowest BCUT2D eigenvalue weighted by atomic mass is 10.1. The van der Waals surface area contributed by atoms with E-state index >= 15 is 0 Å². The Morgan fingerprint density at radius 1 is 0.816 bits per heavy atom. The Morgan fingerprint density at radius 3 is 2.11 bits per heavy atom. The van der Waals surface area contributed by atoms with Crippen LogP contribution >= 0.6 is 0 Å². The number of nitrogens with zero attached hydrogens (tertiary/aromatic N) is 2. The van der Waals surface area contributed by atoms with E-state index in [2.05, 4.69) is 28.9 Å². The highest BCUT2D eigenvalue weighted by Crippen LogP contribution is 2.35. The molecule has 0 amide bonds. The van der Waals surface area contributed by atoms with Crippen molar-refractivity contribution in [3.05, 3.63) is 89.0 Å². The number of unbranched alkanes of at least 4 members (excludes halogenated alkanes) is 1. The van der Waals surface area contributed by atoms with E-state index in [0.717, 1.165) is 70.3 Å². The number of imidazole rings is 1. The first-order valence-corrected chi connectivity index (χ1v) is 13.0. The van der Waals surface area contributed by atoms with Gasteiger partial charge in [-0.25, -0.2) is 9.37 Å². The highest BCUT2D eigenvalue weighted by molar-refractivity contribution is 5.56. The highest BCUT2D eigenvalue weighted by Gasteiger charge is 2.20. The molecule has 2 aliphatic heterocycles. The predicted molar refractivity (Wildman–Crippen MR) is 141 cm³/mol. The van der Waals surface area contributed by atoms with Crippen LogP contribution in [0.25, 0.3) is 11.4 Å². The quantitative estimate of drug-likeness (QED) is 0.271. The van der Waals surface area contributed by atoms with Gasteiger partial charge in [0.1, 0.15) is 11.6 Å². The number of halogens is 1. The number of hydrogen-bond acceptors (Lipinski definition) is 6. The largest absolute Gasteiger partial charge is 0.454 e. The fourth-order valence-corrected chi connectivity index (χ4v) is 4.89. The number of nitrogens with one attached hydrogen (secondary N) is 1. The third-order valence-corrected chi connectivity index (χ3v) is 6.80. The normalized spacial score (nSPS) is 13.4. The van der Waals surface area contributed by atoms with E-state index in [4.69, 9.17) is 23.9 Å². The second-order valence-electron chi connectivity index (χ2n) is 9.64. The predicted octanol–water partition coefficient (Wildman–Crippen LogP) is 6.22. The monoisotopic (exact) mass is 515 g/mol.